The summed E-state index contributed by atoms with van der Waals surface area (Å²) >= 11 is 0. The Balaban J connectivity index is 3.00. The second-order valence-corrected chi connectivity index (χ2v) is 3.99. The first-order valence-corrected chi connectivity index (χ1v) is 3.77. The molecule has 11 heavy (non-hydrogen) atoms. The summed E-state index contributed by atoms with van der Waals surface area (Å²) in [7, 11) is 0. The molecule has 1 heterocycles. The normalized spacial score (nSPS) is 26.4. The van der Waals surface area contributed by atoms with E-state index in [1.165, 1.54) is 6.08 Å². The minimum Gasteiger partial charge on any atom is -0.456 e. The van der Waals surface area contributed by atoms with Gasteiger partial charge < -0.3 is 4.74 Å². The highest BCUT2D eigenvalue weighted by atomic mass is 16.6. The van der Waals surface area contributed by atoms with E-state index in [9.17, 15) is 4.79 Å². The third-order valence-corrected chi connectivity index (χ3v) is 2.54. The molecule has 2 nitrogen and oxygen atoms in total. The molecule has 0 unspecified atom stereocenters. The first kappa shape index (κ1) is 8.31. The van der Waals surface area contributed by atoms with E-state index in [0.717, 1.165) is 0 Å². The molecule has 1 aliphatic rings. The highest BCUT2D eigenvalue weighted by Gasteiger charge is 2.40. The molecule has 0 atom stereocenters. The number of carbonyl (C=O) groups is 1. The van der Waals surface area contributed by atoms with Crippen molar-refractivity contribution in [2.75, 3.05) is 0 Å². The summed E-state index contributed by atoms with van der Waals surface area (Å²) in [4.78, 5) is 10.9. The van der Waals surface area contributed by atoms with Gasteiger partial charge in [0.05, 0.1) is 0 Å². The van der Waals surface area contributed by atoms with E-state index < -0.39 is 5.60 Å². The minimum atomic E-state index is -0.390. The Labute approximate surface area is 67.2 Å². The van der Waals surface area contributed by atoms with Crippen LogP contribution in [-0.2, 0) is 9.53 Å². The van der Waals surface area contributed by atoms with E-state index in [1.807, 2.05) is 19.9 Å². The molecule has 0 bridgehead atoms. The molecule has 1 aliphatic heterocycles. The zero-order chi connectivity index (χ0) is 8.70. The van der Waals surface area contributed by atoms with Gasteiger partial charge in [-0.05, 0) is 13.8 Å². The molecule has 2 heteroatoms. The number of carbonyl (C=O) groups excluding carboxylic acids is 1. The molecule has 0 aromatic carbocycles. The van der Waals surface area contributed by atoms with Gasteiger partial charge in [0.2, 0.25) is 0 Å². The minimum absolute atomic E-state index is 0.0685. The third kappa shape index (κ3) is 1.30. The van der Waals surface area contributed by atoms with Gasteiger partial charge in [-0.15, -0.1) is 0 Å². The SMILES string of the molecule is CC1(C)C=CC(=O)OC1(C)C. The molecule has 1 rings (SSSR count). The Morgan fingerprint density at radius 3 is 2.18 bits per heavy atom. The molecule has 0 N–H and O–H groups in total. The lowest BCUT2D eigenvalue weighted by molar-refractivity contribution is -0.161. The van der Waals surface area contributed by atoms with Crippen molar-refractivity contribution in [3.63, 3.8) is 0 Å². The maximum absolute atomic E-state index is 10.9. The van der Waals surface area contributed by atoms with Crippen LogP contribution in [0.25, 0.3) is 0 Å². The van der Waals surface area contributed by atoms with Crippen LogP contribution in [0.4, 0.5) is 0 Å². The van der Waals surface area contributed by atoms with Gasteiger partial charge in [-0.1, -0.05) is 19.9 Å². The quantitative estimate of drug-likeness (QED) is 0.498. The number of rotatable bonds is 0. The number of cyclic esters (lactones) is 1. The molecule has 0 aromatic heterocycles. The molecule has 0 aliphatic carbocycles. The van der Waals surface area contributed by atoms with Crippen molar-refractivity contribution >= 4 is 5.97 Å². The predicted molar refractivity (Wildman–Crippen MR) is 43.1 cm³/mol. The summed E-state index contributed by atoms with van der Waals surface area (Å²) < 4.78 is 5.16. The number of hydrogen-bond donors (Lipinski definition) is 0. The maximum atomic E-state index is 10.9. The van der Waals surface area contributed by atoms with E-state index in [1.54, 1.807) is 0 Å². The van der Waals surface area contributed by atoms with Gasteiger partial charge in [-0.25, -0.2) is 4.79 Å². The molecular formula is C9H14O2. The largest absolute Gasteiger partial charge is 0.456 e. The molecule has 0 radical (unpaired) electrons. The Hall–Kier alpha value is -0.790. The number of ether oxygens (including phenoxy) is 1. The number of esters is 1. The lowest BCUT2D eigenvalue weighted by atomic mass is 9.76. The van der Waals surface area contributed by atoms with Crippen molar-refractivity contribution in [2.24, 2.45) is 5.41 Å². The predicted octanol–water partition coefficient (Wildman–Crippen LogP) is 1.90. The molecule has 0 saturated carbocycles. The van der Waals surface area contributed by atoms with E-state index in [2.05, 4.69) is 13.8 Å². The van der Waals surface area contributed by atoms with Crippen LogP contribution in [0.2, 0.25) is 0 Å². The second kappa shape index (κ2) is 2.10. The van der Waals surface area contributed by atoms with Gasteiger partial charge in [0.25, 0.3) is 0 Å². The summed E-state index contributed by atoms with van der Waals surface area (Å²) in [6, 6.07) is 0. The highest BCUT2D eigenvalue weighted by molar-refractivity contribution is 5.83. The van der Waals surface area contributed by atoms with Gasteiger partial charge in [0.15, 0.2) is 0 Å². The van der Waals surface area contributed by atoms with E-state index >= 15 is 0 Å². The summed E-state index contributed by atoms with van der Waals surface area (Å²) in [5.74, 6) is -0.241. The van der Waals surface area contributed by atoms with E-state index in [4.69, 9.17) is 4.74 Å². The lowest BCUT2D eigenvalue weighted by Crippen LogP contribution is -2.44. The van der Waals surface area contributed by atoms with Crippen molar-refractivity contribution in [3.05, 3.63) is 12.2 Å². The number of hydrogen-bond acceptors (Lipinski definition) is 2. The van der Waals surface area contributed by atoms with Crippen molar-refractivity contribution in [1.29, 1.82) is 0 Å². The Morgan fingerprint density at radius 2 is 1.82 bits per heavy atom. The second-order valence-electron chi connectivity index (χ2n) is 3.99. The average molecular weight is 154 g/mol. The fourth-order valence-corrected chi connectivity index (χ4v) is 0.894. The van der Waals surface area contributed by atoms with Crippen molar-refractivity contribution in [3.8, 4) is 0 Å². The fraction of sp³-hybridized carbons (Fsp3) is 0.667. The topological polar surface area (TPSA) is 26.3 Å². The molecule has 0 fully saturated rings. The molecule has 0 spiro atoms. The van der Waals surface area contributed by atoms with Gasteiger partial charge >= 0.3 is 5.97 Å². The molecule has 0 amide bonds. The maximum Gasteiger partial charge on any atom is 0.331 e. The lowest BCUT2D eigenvalue weighted by Gasteiger charge is -2.40. The van der Waals surface area contributed by atoms with Crippen LogP contribution in [-0.4, -0.2) is 11.6 Å². The Kier molecular flexibility index (Phi) is 1.58. The molecule has 62 valence electrons. The first-order valence-electron chi connectivity index (χ1n) is 3.77. The van der Waals surface area contributed by atoms with Crippen LogP contribution >= 0.6 is 0 Å². The molecule has 0 aromatic rings. The van der Waals surface area contributed by atoms with Crippen molar-refractivity contribution in [2.45, 2.75) is 33.3 Å². The zero-order valence-electron chi connectivity index (χ0n) is 7.47. The third-order valence-electron chi connectivity index (χ3n) is 2.54. The van der Waals surface area contributed by atoms with Crippen molar-refractivity contribution < 1.29 is 9.53 Å². The van der Waals surface area contributed by atoms with Gasteiger partial charge in [-0.2, -0.15) is 0 Å². The van der Waals surface area contributed by atoms with Gasteiger partial charge in [-0.3, -0.25) is 0 Å². The van der Waals surface area contributed by atoms with E-state index in [-0.39, 0.29) is 11.4 Å². The fourth-order valence-electron chi connectivity index (χ4n) is 0.894. The Bertz CT molecular complexity index is 212. The molecule has 0 saturated heterocycles. The van der Waals surface area contributed by atoms with Crippen LogP contribution < -0.4 is 0 Å². The summed E-state index contributed by atoms with van der Waals surface area (Å²) in [6.45, 7) is 7.95. The van der Waals surface area contributed by atoms with Crippen LogP contribution in [0, 0.1) is 5.41 Å². The monoisotopic (exact) mass is 154 g/mol. The standard InChI is InChI=1S/C9H14O2/c1-8(2)6-5-7(10)11-9(8,3)4/h5-6H,1-4H3. The molecular weight excluding hydrogens is 140 g/mol. The summed E-state index contributed by atoms with van der Waals surface area (Å²) in [6.07, 6.45) is 3.39. The zero-order valence-corrected chi connectivity index (χ0v) is 7.47. The van der Waals surface area contributed by atoms with Crippen molar-refractivity contribution in [1.82, 2.24) is 0 Å². The Morgan fingerprint density at radius 1 is 1.27 bits per heavy atom. The van der Waals surface area contributed by atoms with Gasteiger partial charge in [0.1, 0.15) is 5.60 Å². The van der Waals surface area contributed by atoms with Crippen LogP contribution in [0.1, 0.15) is 27.7 Å². The smallest absolute Gasteiger partial charge is 0.331 e. The average Bonchev–Trinajstić information content (AvgIpc) is 1.80. The van der Waals surface area contributed by atoms with Crippen LogP contribution in [0.5, 0.6) is 0 Å². The van der Waals surface area contributed by atoms with E-state index in [0.29, 0.717) is 0 Å². The highest BCUT2D eigenvalue weighted by Crippen LogP contribution is 2.37. The first-order chi connectivity index (χ1) is 4.85. The van der Waals surface area contributed by atoms with Gasteiger partial charge in [0, 0.05) is 11.5 Å². The summed E-state index contributed by atoms with van der Waals surface area (Å²) in [5.41, 5.74) is -0.459. The van der Waals surface area contributed by atoms with Crippen LogP contribution in [0.3, 0.4) is 0 Å². The summed E-state index contributed by atoms with van der Waals surface area (Å²) in [5, 5.41) is 0. The van der Waals surface area contributed by atoms with Crippen LogP contribution in [0.15, 0.2) is 12.2 Å².